The number of carbonyl (C=O) groups excluding carboxylic acids is 2. The smallest absolute Gasteiger partial charge is 0.407 e. The van der Waals surface area contributed by atoms with Crippen LogP contribution in [0, 0.1) is 0 Å². The molecule has 0 bridgehead atoms. The molecule has 11 nitrogen and oxygen atoms in total. The van der Waals surface area contributed by atoms with Gasteiger partial charge in [-0.15, -0.1) is 0 Å². The van der Waals surface area contributed by atoms with E-state index in [1.54, 1.807) is 4.90 Å². The number of aromatic nitrogens is 1. The highest BCUT2D eigenvalue weighted by Crippen LogP contribution is 2.32. The molecule has 2 atom stereocenters. The second-order valence-corrected chi connectivity index (χ2v) is 9.56. The van der Waals surface area contributed by atoms with Crippen LogP contribution in [-0.2, 0) is 14.8 Å². The van der Waals surface area contributed by atoms with Gasteiger partial charge in [0.05, 0.1) is 38.2 Å². The van der Waals surface area contributed by atoms with Crippen molar-refractivity contribution >= 4 is 39.3 Å². The van der Waals surface area contributed by atoms with Crippen molar-refractivity contribution in [3.05, 3.63) is 41.0 Å². The van der Waals surface area contributed by atoms with Crippen molar-refractivity contribution in [2.24, 2.45) is 0 Å². The number of alkyl carbamates (subject to hydrolysis) is 1. The fourth-order valence-electron chi connectivity index (χ4n) is 3.83. The lowest BCUT2D eigenvalue weighted by molar-refractivity contribution is 0.0723. The topological polar surface area (TPSA) is 136 Å². The minimum absolute atomic E-state index is 0.0645. The van der Waals surface area contributed by atoms with Crippen LogP contribution < -0.4 is 19.5 Å². The molecule has 0 spiro atoms. The van der Waals surface area contributed by atoms with E-state index in [1.807, 2.05) is 0 Å². The van der Waals surface area contributed by atoms with Gasteiger partial charge in [0.2, 0.25) is 5.88 Å². The number of benzene rings is 1. The number of carbonyl (C=O) groups is 2. The van der Waals surface area contributed by atoms with Crippen LogP contribution in [0.3, 0.4) is 0 Å². The highest BCUT2D eigenvalue weighted by atomic mass is 35.5. The van der Waals surface area contributed by atoms with Gasteiger partial charge in [-0.25, -0.2) is 18.2 Å². The van der Waals surface area contributed by atoms with Gasteiger partial charge in [0, 0.05) is 11.6 Å². The maximum absolute atomic E-state index is 13.2. The van der Waals surface area contributed by atoms with E-state index in [0.29, 0.717) is 6.42 Å². The minimum atomic E-state index is -4.10. The summed E-state index contributed by atoms with van der Waals surface area (Å²) in [6, 6.07) is 5.01. The first-order valence-corrected chi connectivity index (χ1v) is 11.7. The second-order valence-electron chi connectivity index (χ2n) is 7.47. The molecular weight excluding hydrogens is 476 g/mol. The first-order chi connectivity index (χ1) is 15.7. The molecule has 2 aromatic rings. The third kappa shape index (κ3) is 4.62. The Kier molecular flexibility index (Phi) is 6.21. The van der Waals surface area contributed by atoms with Crippen LogP contribution in [0.5, 0.6) is 11.6 Å². The average molecular weight is 497 g/mol. The molecule has 2 aliphatic heterocycles. The molecule has 176 valence electrons. The van der Waals surface area contributed by atoms with E-state index < -0.39 is 16.1 Å². The first kappa shape index (κ1) is 22.9. The number of sulfonamides is 1. The summed E-state index contributed by atoms with van der Waals surface area (Å²) in [7, 11) is -1.49. The van der Waals surface area contributed by atoms with Gasteiger partial charge in [0.25, 0.3) is 15.9 Å². The Balaban J connectivity index is 1.59. The zero-order valence-corrected chi connectivity index (χ0v) is 19.3. The van der Waals surface area contributed by atoms with E-state index in [4.69, 9.17) is 21.1 Å². The predicted molar refractivity (Wildman–Crippen MR) is 117 cm³/mol. The molecule has 4 rings (SSSR count). The van der Waals surface area contributed by atoms with E-state index in [2.05, 4.69) is 19.8 Å². The van der Waals surface area contributed by atoms with Crippen molar-refractivity contribution < 1.29 is 32.2 Å². The Morgan fingerprint density at radius 1 is 1.30 bits per heavy atom. The number of anilines is 1. The number of halogens is 1. The number of amides is 2. The number of nitrogens with zero attached hydrogens (tertiary/aromatic N) is 2. The lowest BCUT2D eigenvalue weighted by atomic mass is 10.2. The number of nitrogens with one attached hydrogen (secondary N) is 2. The molecule has 13 heteroatoms. The lowest BCUT2D eigenvalue weighted by Crippen LogP contribution is -2.39. The van der Waals surface area contributed by atoms with E-state index in [1.165, 1.54) is 44.7 Å². The molecule has 33 heavy (non-hydrogen) atoms. The number of ether oxygens (including phenoxy) is 3. The van der Waals surface area contributed by atoms with Gasteiger partial charge in [0.15, 0.2) is 0 Å². The maximum Gasteiger partial charge on any atom is 0.407 e. The summed E-state index contributed by atoms with van der Waals surface area (Å²) in [5.74, 6) is -0.163. The number of pyridine rings is 1. The van der Waals surface area contributed by atoms with Crippen LogP contribution in [0.1, 0.15) is 16.8 Å². The van der Waals surface area contributed by atoms with E-state index >= 15 is 0 Å². The highest BCUT2D eigenvalue weighted by Gasteiger charge is 2.40. The van der Waals surface area contributed by atoms with Crippen molar-refractivity contribution in [1.29, 1.82) is 0 Å². The fraction of sp³-hybridized carbons (Fsp3) is 0.350. The van der Waals surface area contributed by atoms with Crippen LogP contribution in [-0.4, -0.2) is 69.8 Å². The van der Waals surface area contributed by atoms with Gasteiger partial charge in [-0.3, -0.25) is 9.52 Å². The Labute approximate surface area is 195 Å². The number of methoxy groups -OCH3 is 2. The van der Waals surface area contributed by atoms with Crippen LogP contribution >= 0.6 is 11.6 Å². The van der Waals surface area contributed by atoms with Crippen molar-refractivity contribution in [3.8, 4) is 11.6 Å². The van der Waals surface area contributed by atoms with E-state index in [-0.39, 0.29) is 63.9 Å². The standard InChI is InChI=1S/C20H21ClN4O7S/c1-30-16-4-3-11(21)5-17(16)33(28,29)24-12-7-15-18(22-8-12)32-10-14-6-13(23-20(27)31-2)9-25(14)19(15)26/h3-5,7-8,13-14,24H,6,9-10H2,1-2H3,(H,23,27)/t13-,14+/m0/s1. The SMILES string of the molecule is COC(=O)N[C@H]1C[C@@H]2COc3ncc(NS(=O)(=O)c4cc(Cl)ccc4OC)cc3C(=O)N2C1. The number of fused-ring (bicyclic) bond motifs is 2. The number of hydrogen-bond acceptors (Lipinski definition) is 8. The summed E-state index contributed by atoms with van der Waals surface area (Å²) in [6.45, 7) is 0.451. The van der Waals surface area contributed by atoms with Crippen LogP contribution in [0.2, 0.25) is 5.02 Å². The molecule has 2 aliphatic rings. The minimum Gasteiger partial charge on any atom is -0.495 e. The van der Waals surface area contributed by atoms with Crippen molar-refractivity contribution in [2.75, 3.05) is 32.1 Å². The van der Waals surface area contributed by atoms with E-state index in [9.17, 15) is 18.0 Å². The fourth-order valence-corrected chi connectivity index (χ4v) is 5.30. The zero-order valence-electron chi connectivity index (χ0n) is 17.7. The normalized spacial score (nSPS) is 19.6. The molecule has 2 amide bonds. The van der Waals surface area contributed by atoms with Crippen molar-refractivity contribution in [1.82, 2.24) is 15.2 Å². The largest absolute Gasteiger partial charge is 0.495 e. The summed E-state index contributed by atoms with van der Waals surface area (Å²) in [4.78, 5) is 30.3. The van der Waals surface area contributed by atoms with Gasteiger partial charge < -0.3 is 24.4 Å². The second kappa shape index (κ2) is 8.94. The van der Waals surface area contributed by atoms with Crippen molar-refractivity contribution in [3.63, 3.8) is 0 Å². The molecule has 0 unspecified atom stereocenters. The lowest BCUT2D eigenvalue weighted by Gasteiger charge is -2.20. The van der Waals surface area contributed by atoms with E-state index in [0.717, 1.165) is 0 Å². The molecule has 1 aromatic carbocycles. The third-order valence-corrected chi connectivity index (χ3v) is 6.98. The van der Waals surface area contributed by atoms with Crippen LogP contribution in [0.4, 0.5) is 10.5 Å². The van der Waals surface area contributed by atoms with Gasteiger partial charge in [-0.1, -0.05) is 11.6 Å². The molecule has 0 aliphatic carbocycles. The Morgan fingerprint density at radius 3 is 2.82 bits per heavy atom. The number of rotatable bonds is 5. The molecule has 1 saturated heterocycles. The van der Waals surface area contributed by atoms with Crippen molar-refractivity contribution in [2.45, 2.75) is 23.4 Å². The Bertz CT molecular complexity index is 1210. The summed E-state index contributed by atoms with van der Waals surface area (Å²) in [5.41, 5.74) is 0.170. The summed E-state index contributed by atoms with van der Waals surface area (Å²) >= 11 is 5.96. The first-order valence-electron chi connectivity index (χ1n) is 9.86. The predicted octanol–water partition coefficient (Wildman–Crippen LogP) is 1.88. The quantitative estimate of drug-likeness (QED) is 0.640. The average Bonchev–Trinajstić information content (AvgIpc) is 3.14. The molecule has 1 fully saturated rings. The molecule has 0 saturated carbocycles. The molecule has 2 N–H and O–H groups in total. The summed E-state index contributed by atoms with van der Waals surface area (Å²) in [5, 5.41) is 2.90. The molecule has 0 radical (unpaired) electrons. The molecule has 1 aromatic heterocycles. The third-order valence-electron chi connectivity index (χ3n) is 5.34. The van der Waals surface area contributed by atoms with Gasteiger partial charge in [-0.05, 0) is 30.7 Å². The van der Waals surface area contributed by atoms with Crippen LogP contribution in [0.25, 0.3) is 0 Å². The summed E-state index contributed by atoms with van der Waals surface area (Å²) < 4.78 is 43.8. The summed E-state index contributed by atoms with van der Waals surface area (Å²) in [6.07, 6.45) is 1.17. The monoisotopic (exact) mass is 496 g/mol. The van der Waals surface area contributed by atoms with Gasteiger partial charge in [-0.2, -0.15) is 0 Å². The Morgan fingerprint density at radius 2 is 2.09 bits per heavy atom. The number of hydrogen-bond donors (Lipinski definition) is 2. The molecular formula is C20H21ClN4O7S. The zero-order chi connectivity index (χ0) is 23.8. The highest BCUT2D eigenvalue weighted by molar-refractivity contribution is 7.92. The van der Waals surface area contributed by atoms with Gasteiger partial charge >= 0.3 is 6.09 Å². The van der Waals surface area contributed by atoms with Gasteiger partial charge in [0.1, 0.15) is 22.8 Å². The molecule has 3 heterocycles. The Hall–Kier alpha value is -3.25. The van der Waals surface area contributed by atoms with Crippen LogP contribution in [0.15, 0.2) is 35.4 Å². The maximum atomic E-state index is 13.2.